The van der Waals surface area contributed by atoms with Crippen molar-refractivity contribution in [2.24, 2.45) is 5.73 Å². The molecule has 15 heavy (non-hydrogen) atoms. The third-order valence-electron chi connectivity index (χ3n) is 2.43. The summed E-state index contributed by atoms with van der Waals surface area (Å²) >= 11 is 0. The molecule has 1 saturated heterocycles. The zero-order valence-corrected chi connectivity index (χ0v) is 10.4. The number of rotatable bonds is 2. The van der Waals surface area contributed by atoms with E-state index in [1.165, 1.54) is 4.90 Å². The van der Waals surface area contributed by atoms with E-state index in [9.17, 15) is 9.59 Å². The normalized spacial score (nSPS) is 27.9. The van der Waals surface area contributed by atoms with Gasteiger partial charge in [0.1, 0.15) is 0 Å². The van der Waals surface area contributed by atoms with Gasteiger partial charge in [-0.1, -0.05) is 6.08 Å². The van der Waals surface area contributed by atoms with Crippen LogP contribution in [0.1, 0.15) is 0 Å². The number of carbonyl (C=O) groups is 2. The minimum Gasteiger partial charge on any atom is -0.423 e. The summed E-state index contributed by atoms with van der Waals surface area (Å²) in [6.45, 7) is 0.110. The van der Waals surface area contributed by atoms with Gasteiger partial charge in [0.2, 0.25) is 5.91 Å². The van der Waals surface area contributed by atoms with Gasteiger partial charge in [-0.15, -0.1) is 0 Å². The molecular formula is C8H10N3NaO3. The number of amides is 3. The van der Waals surface area contributed by atoms with Crippen molar-refractivity contribution < 1.29 is 44.3 Å². The number of urea groups is 1. The van der Waals surface area contributed by atoms with Gasteiger partial charge in [-0.25, -0.2) is 0 Å². The third kappa shape index (κ3) is 2.03. The summed E-state index contributed by atoms with van der Waals surface area (Å²) in [6.07, 6.45) is 1.64. The molecule has 0 radical (unpaired) electrons. The number of carbonyl (C=O) groups excluding carboxylic acids is 2. The molecule has 0 aromatic rings. The molecule has 2 aliphatic heterocycles. The van der Waals surface area contributed by atoms with Crippen molar-refractivity contribution in [3.63, 3.8) is 0 Å². The van der Waals surface area contributed by atoms with Crippen LogP contribution in [0.2, 0.25) is 0 Å². The van der Waals surface area contributed by atoms with E-state index < -0.39 is 18.0 Å². The predicted molar refractivity (Wildman–Crippen MR) is 47.4 cm³/mol. The fourth-order valence-corrected chi connectivity index (χ4v) is 1.86. The minimum atomic E-state index is -0.824. The van der Waals surface area contributed by atoms with Crippen LogP contribution in [0.4, 0.5) is 4.79 Å². The molecule has 0 unspecified atom stereocenters. The first-order valence-corrected chi connectivity index (χ1v) is 4.25. The molecular weight excluding hydrogens is 209 g/mol. The van der Waals surface area contributed by atoms with Crippen LogP contribution in [0.25, 0.3) is 5.32 Å². The number of fused-ring (bicyclic) bond motifs is 2. The standard InChI is InChI=1S/C8H11N3O3.Na/c9-7(13)6-4(3-12)1-5-2-11(6)8(14)10-5;/h1,5-6,12H,2-3H2,(H3,9,10,13,14);/q;+1/p-1/t5-,6+;/m1./s1. The number of aliphatic hydroxyl groups excluding tert-OH is 1. The van der Waals surface area contributed by atoms with Crippen molar-refractivity contribution in [2.75, 3.05) is 13.2 Å². The van der Waals surface area contributed by atoms with Gasteiger partial charge in [-0.2, -0.15) is 0 Å². The van der Waals surface area contributed by atoms with E-state index in [2.05, 4.69) is 5.32 Å². The van der Waals surface area contributed by atoms with Crippen molar-refractivity contribution in [3.8, 4) is 0 Å². The van der Waals surface area contributed by atoms with E-state index in [-0.39, 0.29) is 42.2 Å². The van der Waals surface area contributed by atoms with Crippen LogP contribution >= 0.6 is 0 Å². The summed E-state index contributed by atoms with van der Waals surface area (Å²) in [7, 11) is 0. The SMILES string of the molecule is NC(=O)[C@@H]1C(CO)=C[C@@H]2CN1C(=O)[N-]2.[Na+]. The third-order valence-corrected chi connectivity index (χ3v) is 2.43. The summed E-state index contributed by atoms with van der Waals surface area (Å²) in [4.78, 5) is 23.7. The fourth-order valence-electron chi connectivity index (χ4n) is 1.86. The first kappa shape index (κ1) is 12.5. The number of hydrogen-bond donors (Lipinski definition) is 2. The van der Waals surface area contributed by atoms with Crippen LogP contribution in [0, 0.1) is 0 Å². The number of aliphatic hydroxyl groups is 1. The van der Waals surface area contributed by atoms with Gasteiger partial charge in [-0.05, 0) is 18.2 Å². The van der Waals surface area contributed by atoms with E-state index in [1.807, 2.05) is 0 Å². The molecule has 0 aromatic heterocycles. The van der Waals surface area contributed by atoms with Gasteiger partial charge in [0.15, 0.2) is 6.03 Å². The summed E-state index contributed by atoms with van der Waals surface area (Å²) in [5.74, 6) is -0.630. The van der Waals surface area contributed by atoms with Crippen molar-refractivity contribution >= 4 is 11.9 Å². The van der Waals surface area contributed by atoms with Crippen LogP contribution in [0.15, 0.2) is 11.6 Å². The Morgan fingerprint density at radius 3 is 2.93 bits per heavy atom. The van der Waals surface area contributed by atoms with Gasteiger partial charge < -0.3 is 21.1 Å². The van der Waals surface area contributed by atoms with E-state index >= 15 is 0 Å². The van der Waals surface area contributed by atoms with Crippen molar-refractivity contribution in [3.05, 3.63) is 17.0 Å². The second kappa shape index (κ2) is 4.52. The van der Waals surface area contributed by atoms with E-state index in [0.29, 0.717) is 12.1 Å². The Bertz CT molecular complexity index is 331. The quantitative estimate of drug-likeness (QED) is 0.365. The molecule has 2 bridgehead atoms. The fraction of sp³-hybridized carbons (Fsp3) is 0.500. The predicted octanol–water partition coefficient (Wildman–Crippen LogP) is -4.05. The monoisotopic (exact) mass is 219 g/mol. The second-order valence-electron chi connectivity index (χ2n) is 3.34. The molecule has 2 atom stereocenters. The first-order valence-electron chi connectivity index (χ1n) is 4.25. The molecule has 1 fully saturated rings. The minimum absolute atomic E-state index is 0. The number of nitrogens with zero attached hydrogens (tertiary/aromatic N) is 2. The Labute approximate surface area is 109 Å². The van der Waals surface area contributed by atoms with E-state index in [4.69, 9.17) is 10.8 Å². The maximum absolute atomic E-state index is 11.3. The summed E-state index contributed by atoms with van der Waals surface area (Å²) in [5.41, 5.74) is 5.61. The largest absolute Gasteiger partial charge is 1.00 e. The molecule has 76 valence electrons. The zero-order chi connectivity index (χ0) is 10.3. The molecule has 0 aromatic carbocycles. The van der Waals surface area contributed by atoms with Crippen molar-refractivity contribution in [2.45, 2.75) is 12.1 Å². The Morgan fingerprint density at radius 2 is 2.40 bits per heavy atom. The van der Waals surface area contributed by atoms with Crippen LogP contribution < -0.4 is 35.3 Å². The van der Waals surface area contributed by atoms with E-state index in [0.717, 1.165) is 0 Å². The Morgan fingerprint density at radius 1 is 1.73 bits per heavy atom. The summed E-state index contributed by atoms with van der Waals surface area (Å²) < 4.78 is 0. The van der Waals surface area contributed by atoms with Gasteiger partial charge >= 0.3 is 29.6 Å². The first-order chi connectivity index (χ1) is 6.63. The Hall–Kier alpha value is -0.560. The molecule has 6 nitrogen and oxygen atoms in total. The molecule has 3 N–H and O–H groups in total. The molecule has 7 heteroatoms. The number of primary amides is 1. The van der Waals surface area contributed by atoms with Crippen LogP contribution in [0.3, 0.4) is 0 Å². The molecule has 0 aliphatic carbocycles. The maximum Gasteiger partial charge on any atom is 1.00 e. The van der Waals surface area contributed by atoms with Crippen molar-refractivity contribution in [1.29, 1.82) is 0 Å². The smallest absolute Gasteiger partial charge is 0.423 e. The van der Waals surface area contributed by atoms with Gasteiger partial charge in [0.25, 0.3) is 0 Å². The van der Waals surface area contributed by atoms with Crippen LogP contribution in [-0.2, 0) is 4.79 Å². The average molecular weight is 219 g/mol. The van der Waals surface area contributed by atoms with Gasteiger partial charge in [0.05, 0.1) is 12.6 Å². The number of nitrogens with two attached hydrogens (primary N) is 1. The van der Waals surface area contributed by atoms with Gasteiger partial charge in [0, 0.05) is 0 Å². The topological polar surface area (TPSA) is 97.7 Å². The molecule has 0 spiro atoms. The Balaban J connectivity index is 0.00000112. The molecule has 2 heterocycles. The van der Waals surface area contributed by atoms with Crippen LogP contribution in [0.5, 0.6) is 0 Å². The number of hydrogen-bond acceptors (Lipinski definition) is 3. The van der Waals surface area contributed by atoms with E-state index in [1.54, 1.807) is 6.08 Å². The second-order valence-corrected chi connectivity index (χ2v) is 3.34. The van der Waals surface area contributed by atoms with Gasteiger partial charge in [-0.3, -0.25) is 9.59 Å². The summed E-state index contributed by atoms with van der Waals surface area (Å²) in [6, 6.07) is -1.49. The van der Waals surface area contributed by atoms with Crippen molar-refractivity contribution in [1.82, 2.24) is 4.90 Å². The molecule has 3 amide bonds. The average Bonchev–Trinajstić information content (AvgIpc) is 2.41. The maximum atomic E-state index is 11.3. The molecule has 0 saturated carbocycles. The van der Waals surface area contributed by atoms with Crippen LogP contribution in [-0.4, -0.2) is 47.2 Å². The molecule has 2 aliphatic rings. The Kier molecular flexibility index (Phi) is 3.77. The molecule has 2 rings (SSSR count). The summed E-state index contributed by atoms with van der Waals surface area (Å²) in [5, 5.41) is 12.8. The zero-order valence-electron chi connectivity index (χ0n) is 8.38.